The molecule has 0 amide bonds. The predicted molar refractivity (Wildman–Crippen MR) is 165 cm³/mol. The van der Waals surface area contributed by atoms with Crippen molar-refractivity contribution >= 4 is 50.3 Å². The van der Waals surface area contributed by atoms with Gasteiger partial charge in [0.25, 0.3) is 0 Å². The summed E-state index contributed by atoms with van der Waals surface area (Å²) < 4.78 is 0. The molecule has 6 aromatic carbocycles. The lowest BCUT2D eigenvalue weighted by molar-refractivity contribution is 1.56. The molecule has 0 spiro atoms. The van der Waals surface area contributed by atoms with Gasteiger partial charge in [-0.3, -0.25) is 0 Å². The van der Waals surface area contributed by atoms with Crippen LogP contribution in [0.15, 0.2) is 152 Å². The average molecular weight is 494 g/mol. The molecule has 0 aromatic heterocycles. The van der Waals surface area contributed by atoms with Crippen LogP contribution < -0.4 is 15.9 Å². The number of hydrogen-bond donors (Lipinski definition) is 0. The number of hydrogen-bond acceptors (Lipinski definition) is 0. The van der Waals surface area contributed by atoms with Gasteiger partial charge in [-0.25, -0.2) is 0 Å². The highest BCUT2D eigenvalue weighted by Crippen LogP contribution is 2.55. The third-order valence-electron chi connectivity index (χ3n) is 7.42. The molecule has 0 heterocycles. The summed E-state index contributed by atoms with van der Waals surface area (Å²) in [6, 6.07) is 53.5. The van der Waals surface area contributed by atoms with Gasteiger partial charge in [-0.1, -0.05) is 91.0 Å². The predicted octanol–water partition coefficient (Wildman–Crippen LogP) is 8.39. The highest BCUT2D eigenvalue weighted by Gasteiger charge is 2.44. The maximum atomic E-state index is 2.48. The number of rotatable bonds is 6. The van der Waals surface area contributed by atoms with Gasteiger partial charge < -0.3 is 0 Å². The Morgan fingerprint density at radius 3 is 1.43 bits per heavy atom. The highest BCUT2D eigenvalue weighted by molar-refractivity contribution is 7.95. The SMILES string of the molecule is C/C(=C\C[P+](c1ccccc1)(c1ccccc1)c1ccccc1)c1ccc2cc3ccccc3cc2c1. The van der Waals surface area contributed by atoms with E-state index >= 15 is 0 Å². The van der Waals surface area contributed by atoms with Gasteiger partial charge in [0.15, 0.2) is 0 Å². The van der Waals surface area contributed by atoms with Gasteiger partial charge in [-0.2, -0.15) is 0 Å². The zero-order valence-electron chi connectivity index (χ0n) is 21.1. The molecule has 0 aliphatic heterocycles. The molecule has 178 valence electrons. The molecule has 0 atom stereocenters. The minimum Gasteiger partial charge on any atom is -0.0620 e. The zero-order valence-corrected chi connectivity index (χ0v) is 22.0. The van der Waals surface area contributed by atoms with Crippen molar-refractivity contribution in [3.05, 3.63) is 157 Å². The lowest BCUT2D eigenvalue weighted by Crippen LogP contribution is -2.32. The van der Waals surface area contributed by atoms with Gasteiger partial charge in [0.1, 0.15) is 23.2 Å². The first-order chi connectivity index (χ1) is 18.2. The Hall–Kier alpha value is -3.99. The molecule has 0 fully saturated rings. The summed E-state index contributed by atoms with van der Waals surface area (Å²) in [5, 5.41) is 9.41. The van der Waals surface area contributed by atoms with Crippen molar-refractivity contribution in [3.8, 4) is 0 Å². The van der Waals surface area contributed by atoms with Crippen LogP contribution in [0, 0.1) is 0 Å². The van der Waals surface area contributed by atoms with Crippen molar-refractivity contribution < 1.29 is 0 Å². The Labute approximate surface area is 220 Å². The molecule has 0 nitrogen and oxygen atoms in total. The summed E-state index contributed by atoms with van der Waals surface area (Å²) in [5.41, 5.74) is 2.61. The summed E-state index contributed by atoms with van der Waals surface area (Å²) in [7, 11) is -1.88. The third-order valence-corrected chi connectivity index (χ3v) is 11.7. The summed E-state index contributed by atoms with van der Waals surface area (Å²) >= 11 is 0. The maximum Gasteiger partial charge on any atom is 0.115 e. The van der Waals surface area contributed by atoms with E-state index in [4.69, 9.17) is 0 Å². The van der Waals surface area contributed by atoms with E-state index in [1.807, 2.05) is 0 Å². The second-order valence-electron chi connectivity index (χ2n) is 9.65. The standard InChI is InChI=1S/C36H30P/c1-28(29-21-22-32-26-30-13-11-12-14-31(30)27-33(32)25-29)23-24-37(34-15-5-2-6-16-34,35-17-7-3-8-18-35)36-19-9-4-10-20-36/h2-23,25-27H,24H2,1H3/q+1/b28-23+. The fourth-order valence-corrected chi connectivity index (χ4v) is 9.51. The normalized spacial score (nSPS) is 12.2. The summed E-state index contributed by atoms with van der Waals surface area (Å²) in [6.07, 6.45) is 3.45. The van der Waals surface area contributed by atoms with E-state index in [-0.39, 0.29) is 0 Å². The number of fused-ring (bicyclic) bond motifs is 2. The monoisotopic (exact) mass is 493 g/mol. The van der Waals surface area contributed by atoms with E-state index in [1.54, 1.807) is 0 Å². The second-order valence-corrected chi connectivity index (χ2v) is 13.2. The highest BCUT2D eigenvalue weighted by atomic mass is 31.2. The molecule has 0 saturated heterocycles. The fraction of sp³-hybridized carbons (Fsp3) is 0.0556. The van der Waals surface area contributed by atoms with Crippen LogP contribution in [0.2, 0.25) is 0 Å². The van der Waals surface area contributed by atoms with Crippen molar-refractivity contribution in [2.45, 2.75) is 6.92 Å². The number of benzene rings is 6. The smallest absolute Gasteiger partial charge is 0.0620 e. The van der Waals surface area contributed by atoms with Crippen LogP contribution in [0.3, 0.4) is 0 Å². The van der Waals surface area contributed by atoms with E-state index in [0.29, 0.717) is 0 Å². The van der Waals surface area contributed by atoms with Crippen LogP contribution >= 0.6 is 7.26 Å². The van der Waals surface area contributed by atoms with Crippen molar-refractivity contribution in [1.82, 2.24) is 0 Å². The fourth-order valence-electron chi connectivity index (χ4n) is 5.39. The zero-order chi connectivity index (χ0) is 25.1. The second kappa shape index (κ2) is 10.2. The average Bonchev–Trinajstić information content (AvgIpc) is 2.97. The van der Waals surface area contributed by atoms with Crippen LogP contribution in [-0.4, -0.2) is 6.16 Å². The molecule has 6 rings (SSSR count). The molecule has 37 heavy (non-hydrogen) atoms. The van der Waals surface area contributed by atoms with Crippen LogP contribution in [0.25, 0.3) is 27.1 Å². The Morgan fingerprint density at radius 2 is 0.919 bits per heavy atom. The van der Waals surface area contributed by atoms with Gasteiger partial charge in [0.2, 0.25) is 0 Å². The third kappa shape index (κ3) is 4.50. The first-order valence-corrected chi connectivity index (χ1v) is 14.9. The molecule has 0 saturated carbocycles. The summed E-state index contributed by atoms with van der Waals surface area (Å²) in [6.45, 7) is 2.26. The minimum atomic E-state index is -1.88. The van der Waals surface area contributed by atoms with Crippen molar-refractivity contribution in [1.29, 1.82) is 0 Å². The lowest BCUT2D eigenvalue weighted by Gasteiger charge is -2.27. The molecule has 0 unspecified atom stereocenters. The largest absolute Gasteiger partial charge is 0.115 e. The molecule has 0 radical (unpaired) electrons. The first-order valence-electron chi connectivity index (χ1n) is 12.9. The first kappa shape index (κ1) is 23.4. The molecular formula is C36H30P+. The molecule has 0 aliphatic carbocycles. The summed E-state index contributed by atoms with van der Waals surface area (Å²) in [4.78, 5) is 0. The van der Waals surface area contributed by atoms with E-state index in [9.17, 15) is 0 Å². The van der Waals surface area contributed by atoms with E-state index in [2.05, 4.69) is 159 Å². The quantitative estimate of drug-likeness (QED) is 0.161. The van der Waals surface area contributed by atoms with E-state index < -0.39 is 7.26 Å². The topological polar surface area (TPSA) is 0 Å². The Morgan fingerprint density at radius 1 is 0.486 bits per heavy atom. The maximum absolute atomic E-state index is 2.48. The van der Waals surface area contributed by atoms with E-state index in [0.717, 1.165) is 6.16 Å². The van der Waals surface area contributed by atoms with E-state index in [1.165, 1.54) is 48.6 Å². The van der Waals surface area contributed by atoms with Gasteiger partial charge in [-0.05, 0) is 100 Å². The molecule has 0 N–H and O–H groups in total. The van der Waals surface area contributed by atoms with Crippen molar-refractivity contribution in [2.75, 3.05) is 6.16 Å². The van der Waals surface area contributed by atoms with Gasteiger partial charge in [0, 0.05) is 0 Å². The Kier molecular flexibility index (Phi) is 6.44. The lowest BCUT2D eigenvalue weighted by atomic mass is 9.99. The molecule has 1 heteroatoms. The van der Waals surface area contributed by atoms with Gasteiger partial charge in [-0.15, -0.1) is 0 Å². The molecule has 0 bridgehead atoms. The number of allylic oxidation sites excluding steroid dienone is 2. The molecule has 6 aromatic rings. The van der Waals surface area contributed by atoms with Gasteiger partial charge >= 0.3 is 0 Å². The van der Waals surface area contributed by atoms with Gasteiger partial charge in [0.05, 0.1) is 6.16 Å². The van der Waals surface area contributed by atoms with Crippen LogP contribution in [0.4, 0.5) is 0 Å². The Balaban J connectivity index is 1.47. The molecular weight excluding hydrogens is 463 g/mol. The van der Waals surface area contributed by atoms with Crippen molar-refractivity contribution in [2.24, 2.45) is 0 Å². The summed E-state index contributed by atoms with van der Waals surface area (Å²) in [5.74, 6) is 0. The Bertz CT molecular complexity index is 1590. The van der Waals surface area contributed by atoms with Crippen LogP contribution in [0.1, 0.15) is 12.5 Å². The minimum absolute atomic E-state index is 0.979. The van der Waals surface area contributed by atoms with Crippen LogP contribution in [-0.2, 0) is 0 Å². The molecule has 0 aliphatic rings. The van der Waals surface area contributed by atoms with Crippen LogP contribution in [0.5, 0.6) is 0 Å². The van der Waals surface area contributed by atoms with Crippen molar-refractivity contribution in [3.63, 3.8) is 0 Å².